The predicted molar refractivity (Wildman–Crippen MR) is 49.2 cm³/mol. The monoisotopic (exact) mass is 194 g/mol. The molecule has 0 N–H and O–H groups in total. The average molecular weight is 194 g/mol. The maximum Gasteiger partial charge on any atom is 0.315 e. The van der Waals surface area contributed by atoms with Crippen molar-refractivity contribution in [3.8, 4) is 0 Å². The molecule has 0 aromatic carbocycles. The molecule has 5 atom stereocenters. The number of hydrogen-bond acceptors (Lipinski definition) is 3. The molecule has 0 aromatic heterocycles. The molecule has 3 aliphatic rings. The van der Waals surface area contributed by atoms with Crippen molar-refractivity contribution in [1.82, 2.24) is 0 Å². The van der Waals surface area contributed by atoms with Gasteiger partial charge in [0.1, 0.15) is 0 Å². The van der Waals surface area contributed by atoms with E-state index in [1.165, 1.54) is 0 Å². The van der Waals surface area contributed by atoms with Crippen molar-refractivity contribution in [1.29, 1.82) is 0 Å². The molecule has 0 amide bonds. The molecule has 2 fully saturated rings. The van der Waals surface area contributed by atoms with Crippen molar-refractivity contribution in [3.05, 3.63) is 12.2 Å². The van der Waals surface area contributed by atoms with Crippen LogP contribution in [0.1, 0.15) is 13.3 Å². The minimum Gasteiger partial charge on any atom is -0.435 e. The Hall–Kier alpha value is -0.830. The second-order valence-electron chi connectivity index (χ2n) is 4.71. The van der Waals surface area contributed by atoms with Gasteiger partial charge < -0.3 is 9.47 Å². The first-order chi connectivity index (χ1) is 6.67. The molecule has 1 saturated carbocycles. The third kappa shape index (κ3) is 0.716. The molecule has 1 saturated heterocycles. The lowest BCUT2D eigenvalue weighted by Crippen LogP contribution is -2.35. The predicted octanol–water partition coefficient (Wildman–Crippen LogP) is 1.34. The molecule has 2 aliphatic carbocycles. The lowest BCUT2D eigenvalue weighted by atomic mass is 9.71. The van der Waals surface area contributed by atoms with Gasteiger partial charge in [-0.3, -0.25) is 4.79 Å². The quantitative estimate of drug-likeness (QED) is 0.467. The van der Waals surface area contributed by atoms with E-state index in [0.717, 1.165) is 6.42 Å². The van der Waals surface area contributed by atoms with Crippen LogP contribution in [0.2, 0.25) is 0 Å². The Kier molecular flexibility index (Phi) is 1.45. The summed E-state index contributed by atoms with van der Waals surface area (Å²) in [7, 11) is 1.61. The molecule has 0 radical (unpaired) electrons. The van der Waals surface area contributed by atoms with Gasteiger partial charge in [0.2, 0.25) is 6.29 Å². The lowest BCUT2D eigenvalue weighted by Gasteiger charge is -2.28. The third-order valence-electron chi connectivity index (χ3n) is 4.23. The van der Waals surface area contributed by atoms with E-state index in [4.69, 9.17) is 9.47 Å². The van der Waals surface area contributed by atoms with Crippen LogP contribution in [0.5, 0.6) is 0 Å². The number of carbonyl (C=O) groups is 1. The molecule has 3 heteroatoms. The van der Waals surface area contributed by atoms with E-state index in [1.54, 1.807) is 7.11 Å². The summed E-state index contributed by atoms with van der Waals surface area (Å²) in [4.78, 5) is 11.8. The lowest BCUT2D eigenvalue weighted by molar-refractivity contribution is -0.165. The minimum absolute atomic E-state index is 0.0776. The summed E-state index contributed by atoms with van der Waals surface area (Å²) in [6, 6.07) is 0. The van der Waals surface area contributed by atoms with Crippen LogP contribution in [0.25, 0.3) is 0 Å². The number of cyclic esters (lactones) is 1. The van der Waals surface area contributed by atoms with Gasteiger partial charge in [-0.15, -0.1) is 0 Å². The Bertz CT molecular complexity index is 322. The van der Waals surface area contributed by atoms with E-state index < -0.39 is 0 Å². The van der Waals surface area contributed by atoms with Gasteiger partial charge in [0.15, 0.2) is 0 Å². The Balaban J connectivity index is 2.06. The number of carbonyl (C=O) groups excluding carboxylic acids is 1. The zero-order valence-electron chi connectivity index (χ0n) is 8.40. The van der Waals surface area contributed by atoms with Gasteiger partial charge in [-0.1, -0.05) is 12.2 Å². The van der Waals surface area contributed by atoms with E-state index in [2.05, 4.69) is 12.2 Å². The standard InChI is InChI=1S/C11H14O3/c1-11-7-4-3-6(5-7)8(11)9(13-2)14-10(11)12/h3-4,6-9H,5H2,1-2H3/t6-,7+,8+,9-,11+/m0/s1. The Morgan fingerprint density at radius 2 is 2.36 bits per heavy atom. The van der Waals surface area contributed by atoms with Gasteiger partial charge in [0.05, 0.1) is 5.41 Å². The van der Waals surface area contributed by atoms with Gasteiger partial charge in [-0.25, -0.2) is 0 Å². The van der Waals surface area contributed by atoms with Gasteiger partial charge in [-0.05, 0) is 25.2 Å². The highest BCUT2D eigenvalue weighted by atomic mass is 16.7. The zero-order valence-corrected chi connectivity index (χ0v) is 8.40. The van der Waals surface area contributed by atoms with Crippen molar-refractivity contribution in [2.75, 3.05) is 7.11 Å². The van der Waals surface area contributed by atoms with Crippen LogP contribution >= 0.6 is 0 Å². The SMILES string of the molecule is CO[C@H]1OC(=O)[C@@]2(C)[C@@H]1[C@H]1C=C[C@@H]2C1. The van der Waals surface area contributed by atoms with Crippen LogP contribution < -0.4 is 0 Å². The number of fused-ring (bicyclic) bond motifs is 5. The number of hydrogen-bond donors (Lipinski definition) is 0. The molecule has 1 heterocycles. The van der Waals surface area contributed by atoms with Crippen molar-refractivity contribution >= 4 is 5.97 Å². The van der Waals surface area contributed by atoms with Crippen molar-refractivity contribution in [2.45, 2.75) is 19.6 Å². The maximum atomic E-state index is 11.8. The minimum atomic E-state index is -0.326. The van der Waals surface area contributed by atoms with Crippen LogP contribution in [0.3, 0.4) is 0 Å². The summed E-state index contributed by atoms with van der Waals surface area (Å²) in [6.45, 7) is 2.02. The summed E-state index contributed by atoms with van der Waals surface area (Å²) >= 11 is 0. The fourth-order valence-corrected chi connectivity index (χ4v) is 3.40. The van der Waals surface area contributed by atoms with Gasteiger partial charge >= 0.3 is 5.97 Å². The molecule has 0 spiro atoms. The second kappa shape index (κ2) is 2.40. The second-order valence-corrected chi connectivity index (χ2v) is 4.71. The van der Waals surface area contributed by atoms with Crippen molar-refractivity contribution in [3.63, 3.8) is 0 Å². The maximum absolute atomic E-state index is 11.8. The largest absolute Gasteiger partial charge is 0.435 e. The van der Waals surface area contributed by atoms with E-state index >= 15 is 0 Å². The summed E-state index contributed by atoms with van der Waals surface area (Å²) in [5, 5.41) is 0. The van der Waals surface area contributed by atoms with Crippen LogP contribution in [-0.2, 0) is 14.3 Å². The number of allylic oxidation sites excluding steroid dienone is 2. The number of methoxy groups -OCH3 is 1. The van der Waals surface area contributed by atoms with Crippen LogP contribution in [0.15, 0.2) is 12.2 Å². The Morgan fingerprint density at radius 1 is 1.57 bits per heavy atom. The molecule has 76 valence electrons. The average Bonchev–Trinajstić information content (AvgIpc) is 2.78. The first kappa shape index (κ1) is 8.48. The third-order valence-corrected chi connectivity index (χ3v) is 4.23. The fourth-order valence-electron chi connectivity index (χ4n) is 3.40. The smallest absolute Gasteiger partial charge is 0.315 e. The van der Waals surface area contributed by atoms with Crippen LogP contribution in [-0.4, -0.2) is 19.4 Å². The zero-order chi connectivity index (χ0) is 9.92. The molecular weight excluding hydrogens is 180 g/mol. The number of ether oxygens (including phenoxy) is 2. The number of esters is 1. The molecule has 14 heavy (non-hydrogen) atoms. The van der Waals surface area contributed by atoms with E-state index in [-0.39, 0.29) is 23.6 Å². The normalized spacial score (nSPS) is 53.7. The summed E-state index contributed by atoms with van der Waals surface area (Å²) in [5.74, 6) is 0.993. The Labute approximate surface area is 83.1 Å². The van der Waals surface area contributed by atoms with Crippen molar-refractivity contribution < 1.29 is 14.3 Å². The fraction of sp³-hybridized carbons (Fsp3) is 0.727. The van der Waals surface area contributed by atoms with Gasteiger partial charge in [0, 0.05) is 13.0 Å². The van der Waals surface area contributed by atoms with Crippen molar-refractivity contribution in [2.24, 2.45) is 23.2 Å². The molecule has 0 aromatic rings. The van der Waals surface area contributed by atoms with Gasteiger partial charge in [-0.2, -0.15) is 0 Å². The molecule has 3 nitrogen and oxygen atoms in total. The highest BCUT2D eigenvalue weighted by Crippen LogP contribution is 2.61. The summed E-state index contributed by atoms with van der Waals surface area (Å²) < 4.78 is 10.5. The Morgan fingerprint density at radius 3 is 3.07 bits per heavy atom. The molecule has 3 rings (SSSR count). The molecular formula is C11H14O3. The molecule has 1 aliphatic heterocycles. The molecule has 2 bridgehead atoms. The first-order valence-corrected chi connectivity index (χ1v) is 5.10. The number of rotatable bonds is 1. The van der Waals surface area contributed by atoms with E-state index in [0.29, 0.717) is 11.8 Å². The highest BCUT2D eigenvalue weighted by Gasteiger charge is 2.66. The highest BCUT2D eigenvalue weighted by molar-refractivity contribution is 5.81. The van der Waals surface area contributed by atoms with E-state index in [1.807, 2.05) is 6.92 Å². The summed E-state index contributed by atoms with van der Waals surface area (Å²) in [5.41, 5.74) is -0.319. The first-order valence-electron chi connectivity index (χ1n) is 5.10. The summed E-state index contributed by atoms with van der Waals surface area (Å²) in [6.07, 6.45) is 5.15. The van der Waals surface area contributed by atoms with E-state index in [9.17, 15) is 4.79 Å². The topological polar surface area (TPSA) is 35.5 Å². The van der Waals surface area contributed by atoms with Crippen LogP contribution in [0, 0.1) is 23.2 Å². The van der Waals surface area contributed by atoms with Gasteiger partial charge in [0.25, 0.3) is 0 Å². The van der Waals surface area contributed by atoms with Crippen LogP contribution in [0.4, 0.5) is 0 Å². The molecule has 0 unspecified atom stereocenters.